The van der Waals surface area contributed by atoms with Crippen LogP contribution in [0.1, 0.15) is 81.5 Å². The Kier molecular flexibility index (Phi) is 16.2. The molecule has 4 rings (SSSR count). The minimum absolute atomic E-state index is 0.0828. The molecule has 1 aliphatic carbocycles. The number of likely N-dealkylation sites (tertiary alicyclic amines) is 1. The van der Waals surface area contributed by atoms with Gasteiger partial charge in [-0.3, -0.25) is 0 Å². The molecule has 0 atom stereocenters. The van der Waals surface area contributed by atoms with E-state index in [9.17, 15) is 14.7 Å². The lowest BCUT2D eigenvalue weighted by atomic mass is 9.80. The summed E-state index contributed by atoms with van der Waals surface area (Å²) in [4.78, 5) is 27.0. The number of benzene rings is 1. The standard InChI is InChI=1S/C39H61NO11/c1-28-25-29(2)34(30(3)26-28)35-36(42)39(51-37(35)43)11-7-31(8-12-39)49-32-9-13-40(14-10-32)15-16-44-17-18-45-19-20-46-21-22-47-23-24-48-27-33(41)50-38(4,5)6/h25-26,31-32,42H,7-24,27H2,1-6H3. The van der Waals surface area contributed by atoms with Crippen LogP contribution in [0, 0.1) is 20.8 Å². The van der Waals surface area contributed by atoms with Gasteiger partial charge in [0.15, 0.2) is 11.4 Å². The number of piperidine rings is 1. The minimum Gasteiger partial charge on any atom is -0.507 e. The van der Waals surface area contributed by atoms with E-state index in [1.165, 1.54) is 0 Å². The molecular formula is C39H61NO11. The number of aryl methyl sites for hydroxylation is 3. The SMILES string of the molecule is Cc1cc(C)c(C2=C(O)C3(CCC(OC4CCN(CCOCCOCCOCCOCCOCC(=O)OC(C)(C)C)CC4)CC3)OC2=O)c(C)c1. The van der Waals surface area contributed by atoms with Gasteiger partial charge in [-0.25, -0.2) is 9.59 Å². The Morgan fingerprint density at radius 3 is 1.82 bits per heavy atom. The van der Waals surface area contributed by atoms with Crippen LogP contribution in [0.4, 0.5) is 0 Å². The number of carbonyl (C=O) groups is 2. The van der Waals surface area contributed by atoms with E-state index in [1.807, 2.05) is 53.7 Å². The van der Waals surface area contributed by atoms with Gasteiger partial charge in [-0.1, -0.05) is 17.7 Å². The molecule has 1 saturated carbocycles. The lowest BCUT2D eigenvalue weighted by Gasteiger charge is -2.39. The Morgan fingerprint density at radius 2 is 1.29 bits per heavy atom. The van der Waals surface area contributed by atoms with E-state index in [4.69, 9.17) is 37.9 Å². The van der Waals surface area contributed by atoms with Crippen LogP contribution in [0.3, 0.4) is 0 Å². The minimum atomic E-state index is -0.932. The molecule has 3 aliphatic rings. The number of carbonyl (C=O) groups excluding carboxylic acids is 2. The van der Waals surface area contributed by atoms with Crippen LogP contribution in [0.25, 0.3) is 5.57 Å². The highest BCUT2D eigenvalue weighted by Gasteiger charge is 2.51. The highest BCUT2D eigenvalue weighted by atomic mass is 16.6. The Hall–Kier alpha value is -2.58. The smallest absolute Gasteiger partial charge is 0.343 e. The number of hydrogen-bond acceptors (Lipinski definition) is 12. The van der Waals surface area contributed by atoms with Crippen molar-refractivity contribution in [3.63, 3.8) is 0 Å². The van der Waals surface area contributed by atoms with E-state index in [-0.39, 0.29) is 30.5 Å². The van der Waals surface area contributed by atoms with Gasteiger partial charge in [-0.15, -0.1) is 0 Å². The first kappa shape index (κ1) is 41.2. The van der Waals surface area contributed by atoms with Crippen molar-refractivity contribution in [3.05, 3.63) is 40.1 Å². The van der Waals surface area contributed by atoms with Gasteiger partial charge in [0.25, 0.3) is 0 Å². The van der Waals surface area contributed by atoms with Gasteiger partial charge >= 0.3 is 11.9 Å². The Balaban J connectivity index is 0.970. The summed E-state index contributed by atoms with van der Waals surface area (Å²) in [5.41, 5.74) is 2.76. The molecule has 0 radical (unpaired) electrons. The third kappa shape index (κ3) is 13.1. The Bertz CT molecular complexity index is 1270. The zero-order chi connectivity index (χ0) is 36.9. The van der Waals surface area contributed by atoms with Crippen LogP contribution >= 0.6 is 0 Å². The summed E-state index contributed by atoms with van der Waals surface area (Å²) in [6, 6.07) is 4.08. The highest BCUT2D eigenvalue weighted by Crippen LogP contribution is 2.47. The van der Waals surface area contributed by atoms with Crippen molar-refractivity contribution in [2.75, 3.05) is 85.7 Å². The molecule has 0 unspecified atom stereocenters. The maximum atomic E-state index is 13.0. The van der Waals surface area contributed by atoms with E-state index < -0.39 is 17.2 Å². The van der Waals surface area contributed by atoms with E-state index in [2.05, 4.69) is 4.90 Å². The fourth-order valence-electron chi connectivity index (χ4n) is 7.07. The lowest BCUT2D eigenvalue weighted by molar-refractivity contribution is -0.160. The molecule has 1 spiro atoms. The molecule has 2 heterocycles. The van der Waals surface area contributed by atoms with Gasteiger partial charge in [0.1, 0.15) is 17.8 Å². The number of esters is 2. The number of hydrogen-bond donors (Lipinski definition) is 1. The summed E-state index contributed by atoms with van der Waals surface area (Å²) < 4.78 is 45.1. The van der Waals surface area contributed by atoms with Crippen molar-refractivity contribution < 1.29 is 52.6 Å². The molecular weight excluding hydrogens is 658 g/mol. The Morgan fingerprint density at radius 1 is 0.804 bits per heavy atom. The predicted octanol–water partition coefficient (Wildman–Crippen LogP) is 5.02. The molecule has 2 aliphatic heterocycles. The first-order valence-corrected chi connectivity index (χ1v) is 18.6. The van der Waals surface area contributed by atoms with Gasteiger partial charge in [0, 0.05) is 19.6 Å². The first-order valence-electron chi connectivity index (χ1n) is 18.6. The van der Waals surface area contributed by atoms with Gasteiger partial charge in [-0.05, 0) is 96.8 Å². The molecule has 2 fully saturated rings. The van der Waals surface area contributed by atoms with Crippen LogP contribution in [-0.4, -0.2) is 131 Å². The summed E-state index contributed by atoms with van der Waals surface area (Å²) in [6.07, 6.45) is 4.94. The quantitative estimate of drug-likeness (QED) is 0.143. The molecule has 12 heteroatoms. The molecule has 0 amide bonds. The van der Waals surface area contributed by atoms with Crippen LogP contribution < -0.4 is 0 Å². The predicted molar refractivity (Wildman–Crippen MR) is 192 cm³/mol. The third-order valence-electron chi connectivity index (χ3n) is 9.43. The summed E-state index contributed by atoms with van der Waals surface area (Å²) >= 11 is 0. The topological polar surface area (TPSA) is 131 Å². The van der Waals surface area contributed by atoms with Gasteiger partial charge in [0.05, 0.1) is 71.7 Å². The third-order valence-corrected chi connectivity index (χ3v) is 9.43. The average Bonchev–Trinajstić information content (AvgIpc) is 3.29. The van der Waals surface area contributed by atoms with Crippen molar-refractivity contribution in [1.82, 2.24) is 4.90 Å². The summed E-state index contributed by atoms with van der Waals surface area (Å²) in [7, 11) is 0. The average molecular weight is 720 g/mol. The van der Waals surface area contributed by atoms with Crippen LogP contribution in [0.2, 0.25) is 0 Å². The molecule has 51 heavy (non-hydrogen) atoms. The Labute approximate surface area is 304 Å². The van der Waals surface area contributed by atoms with Crippen LogP contribution in [0.5, 0.6) is 0 Å². The molecule has 0 aromatic heterocycles. The summed E-state index contributed by atoms with van der Waals surface area (Å²) in [5, 5.41) is 11.3. The number of aliphatic hydroxyl groups excluding tert-OH is 1. The first-order chi connectivity index (χ1) is 24.4. The van der Waals surface area contributed by atoms with E-state index in [1.54, 1.807) is 0 Å². The second-order valence-corrected chi connectivity index (χ2v) is 14.8. The lowest BCUT2D eigenvalue weighted by Crippen LogP contribution is -2.43. The number of ether oxygens (including phenoxy) is 8. The maximum Gasteiger partial charge on any atom is 0.343 e. The number of rotatable bonds is 20. The zero-order valence-electron chi connectivity index (χ0n) is 31.7. The van der Waals surface area contributed by atoms with Crippen LogP contribution in [0.15, 0.2) is 17.9 Å². The fourth-order valence-corrected chi connectivity index (χ4v) is 7.07. The molecule has 12 nitrogen and oxygen atoms in total. The van der Waals surface area contributed by atoms with E-state index in [0.29, 0.717) is 77.9 Å². The number of aliphatic hydroxyl groups is 1. The molecule has 1 aromatic carbocycles. The fraction of sp³-hybridized carbons (Fsp3) is 0.744. The molecule has 1 saturated heterocycles. The second kappa shape index (κ2) is 20.0. The van der Waals surface area contributed by atoms with Crippen molar-refractivity contribution in [1.29, 1.82) is 0 Å². The normalized spacial score (nSPS) is 21.8. The van der Waals surface area contributed by atoms with Gasteiger partial charge in [-0.2, -0.15) is 0 Å². The summed E-state index contributed by atoms with van der Waals surface area (Å²) in [5.74, 6) is -0.717. The second-order valence-electron chi connectivity index (χ2n) is 14.8. The van der Waals surface area contributed by atoms with Crippen molar-refractivity contribution in [2.24, 2.45) is 0 Å². The van der Waals surface area contributed by atoms with E-state index >= 15 is 0 Å². The van der Waals surface area contributed by atoms with Gasteiger partial charge < -0.3 is 47.9 Å². The monoisotopic (exact) mass is 719 g/mol. The summed E-state index contributed by atoms with van der Waals surface area (Å²) in [6.45, 7) is 18.5. The molecule has 1 aromatic rings. The van der Waals surface area contributed by atoms with Crippen molar-refractivity contribution >= 4 is 17.5 Å². The molecule has 0 bridgehead atoms. The van der Waals surface area contributed by atoms with Gasteiger partial charge in [0.2, 0.25) is 0 Å². The largest absolute Gasteiger partial charge is 0.507 e. The van der Waals surface area contributed by atoms with Crippen LogP contribution in [-0.2, 0) is 47.5 Å². The molecule has 288 valence electrons. The zero-order valence-corrected chi connectivity index (χ0v) is 31.7. The molecule has 1 N–H and O–H groups in total. The van der Waals surface area contributed by atoms with E-state index in [0.717, 1.165) is 67.6 Å². The highest BCUT2D eigenvalue weighted by molar-refractivity contribution is 6.20. The number of nitrogens with zero attached hydrogens (tertiary/aromatic N) is 1. The van der Waals surface area contributed by atoms with Crippen molar-refractivity contribution in [3.8, 4) is 0 Å². The van der Waals surface area contributed by atoms with Crippen molar-refractivity contribution in [2.45, 2.75) is 103 Å². The maximum absolute atomic E-state index is 13.0.